The fourth-order valence-corrected chi connectivity index (χ4v) is 1.43. The van der Waals surface area contributed by atoms with Crippen LogP contribution in [0.1, 0.15) is 25.3 Å². The minimum Gasteiger partial charge on any atom is -0.484 e. The van der Waals surface area contributed by atoms with Crippen molar-refractivity contribution in [3.8, 4) is 5.75 Å². The number of carbonyl (C=O) groups excluding carboxylic acids is 1. The van der Waals surface area contributed by atoms with Gasteiger partial charge < -0.3 is 15.2 Å². The van der Waals surface area contributed by atoms with Gasteiger partial charge >= 0.3 is 0 Å². The molecule has 2 N–H and O–H groups in total. The second-order valence-electron chi connectivity index (χ2n) is 4.80. The lowest BCUT2D eigenvalue weighted by molar-refractivity contribution is -0.126. The standard InChI is InChI=1S/C14H19F2NO3/c1-10(2)11-3-5-12(6-4-11)20-7-13(19)17-8-14(15,16)9-18/h3-6,10,18H,7-9H2,1-2H3,(H,17,19). The lowest BCUT2D eigenvalue weighted by atomic mass is 10.0. The molecule has 6 heteroatoms. The topological polar surface area (TPSA) is 58.6 Å². The lowest BCUT2D eigenvalue weighted by Gasteiger charge is -2.14. The number of benzene rings is 1. The van der Waals surface area contributed by atoms with Crippen molar-refractivity contribution in [2.45, 2.75) is 25.7 Å². The maximum atomic E-state index is 12.7. The van der Waals surface area contributed by atoms with E-state index in [4.69, 9.17) is 9.84 Å². The maximum Gasteiger partial charge on any atom is 0.287 e. The number of nitrogens with one attached hydrogen (secondary N) is 1. The first-order valence-electron chi connectivity index (χ1n) is 6.32. The molecule has 1 rings (SSSR count). The maximum absolute atomic E-state index is 12.7. The zero-order valence-corrected chi connectivity index (χ0v) is 11.5. The van der Waals surface area contributed by atoms with Gasteiger partial charge in [-0.25, -0.2) is 8.78 Å². The van der Waals surface area contributed by atoms with E-state index >= 15 is 0 Å². The van der Waals surface area contributed by atoms with Crippen LogP contribution in [0.15, 0.2) is 24.3 Å². The third-order valence-electron chi connectivity index (χ3n) is 2.69. The fraction of sp³-hybridized carbons (Fsp3) is 0.500. The van der Waals surface area contributed by atoms with E-state index in [1.165, 1.54) is 0 Å². The first-order chi connectivity index (χ1) is 9.34. The molecule has 0 bridgehead atoms. The minimum absolute atomic E-state index is 0.345. The average Bonchev–Trinajstić information content (AvgIpc) is 2.43. The van der Waals surface area contributed by atoms with E-state index in [9.17, 15) is 13.6 Å². The number of aliphatic hydroxyl groups excluding tert-OH is 1. The Balaban J connectivity index is 2.37. The lowest BCUT2D eigenvalue weighted by Crippen LogP contribution is -2.40. The van der Waals surface area contributed by atoms with Crippen LogP contribution in [0.3, 0.4) is 0 Å². The summed E-state index contributed by atoms with van der Waals surface area (Å²) in [4.78, 5) is 11.3. The van der Waals surface area contributed by atoms with Crippen LogP contribution >= 0.6 is 0 Å². The third-order valence-corrected chi connectivity index (χ3v) is 2.69. The van der Waals surface area contributed by atoms with Crippen LogP contribution in [0.25, 0.3) is 0 Å². The largest absolute Gasteiger partial charge is 0.484 e. The predicted octanol–water partition coefficient (Wildman–Crippen LogP) is 1.93. The highest BCUT2D eigenvalue weighted by molar-refractivity contribution is 5.77. The number of halogens is 2. The smallest absolute Gasteiger partial charge is 0.287 e. The van der Waals surface area contributed by atoms with Crippen molar-refractivity contribution in [3.63, 3.8) is 0 Å². The van der Waals surface area contributed by atoms with Gasteiger partial charge in [0.25, 0.3) is 11.8 Å². The SMILES string of the molecule is CC(C)c1ccc(OCC(=O)NCC(F)(F)CO)cc1. The second-order valence-corrected chi connectivity index (χ2v) is 4.80. The summed E-state index contributed by atoms with van der Waals surface area (Å²) in [5.74, 6) is -3.08. The Labute approximate surface area is 116 Å². The van der Waals surface area contributed by atoms with Crippen LogP contribution in [-0.2, 0) is 4.79 Å². The third kappa shape index (κ3) is 5.52. The van der Waals surface area contributed by atoms with Crippen LogP contribution in [0.4, 0.5) is 8.78 Å². The summed E-state index contributed by atoms with van der Waals surface area (Å²) in [5.41, 5.74) is 1.14. The van der Waals surface area contributed by atoms with Gasteiger partial charge in [0.2, 0.25) is 0 Å². The Kier molecular flexibility index (Phi) is 5.88. The van der Waals surface area contributed by atoms with Crippen molar-refractivity contribution in [1.82, 2.24) is 5.32 Å². The number of alkyl halides is 2. The van der Waals surface area contributed by atoms with Gasteiger partial charge in [0, 0.05) is 0 Å². The summed E-state index contributed by atoms with van der Waals surface area (Å²) in [6.45, 7) is 1.57. The van der Waals surface area contributed by atoms with Crippen molar-refractivity contribution in [1.29, 1.82) is 0 Å². The number of hydrogen-bond acceptors (Lipinski definition) is 3. The van der Waals surface area contributed by atoms with Crippen molar-refractivity contribution in [3.05, 3.63) is 29.8 Å². The predicted molar refractivity (Wildman–Crippen MR) is 71.1 cm³/mol. The van der Waals surface area contributed by atoms with Gasteiger partial charge in [-0.15, -0.1) is 0 Å². The summed E-state index contributed by atoms with van der Waals surface area (Å²) < 4.78 is 30.6. The van der Waals surface area contributed by atoms with Gasteiger partial charge in [0.05, 0.1) is 6.54 Å². The first kappa shape index (κ1) is 16.4. The summed E-state index contributed by atoms with van der Waals surface area (Å²) >= 11 is 0. The number of hydrogen-bond donors (Lipinski definition) is 2. The average molecular weight is 287 g/mol. The number of carbonyl (C=O) groups is 1. The molecular weight excluding hydrogens is 268 g/mol. The zero-order valence-electron chi connectivity index (χ0n) is 11.5. The first-order valence-corrected chi connectivity index (χ1v) is 6.32. The fourth-order valence-electron chi connectivity index (χ4n) is 1.43. The highest BCUT2D eigenvalue weighted by Gasteiger charge is 2.28. The molecule has 0 heterocycles. The molecular formula is C14H19F2NO3. The molecule has 0 aliphatic rings. The minimum atomic E-state index is -3.31. The monoisotopic (exact) mass is 287 g/mol. The molecule has 0 saturated carbocycles. The molecule has 0 unspecified atom stereocenters. The Morgan fingerprint density at radius 2 is 1.95 bits per heavy atom. The molecule has 0 saturated heterocycles. The summed E-state index contributed by atoms with van der Waals surface area (Å²) in [5, 5.41) is 10.4. The van der Waals surface area contributed by atoms with Crippen LogP contribution < -0.4 is 10.1 Å². The Morgan fingerprint density at radius 1 is 1.35 bits per heavy atom. The molecule has 0 spiro atoms. The van der Waals surface area contributed by atoms with Crippen LogP contribution in [-0.4, -0.2) is 36.7 Å². The molecule has 20 heavy (non-hydrogen) atoms. The molecule has 0 aliphatic carbocycles. The molecule has 1 aromatic carbocycles. The van der Waals surface area contributed by atoms with E-state index in [-0.39, 0.29) is 6.61 Å². The van der Waals surface area contributed by atoms with Gasteiger partial charge in [0.15, 0.2) is 6.61 Å². The number of amides is 1. The molecule has 0 fully saturated rings. The van der Waals surface area contributed by atoms with Gasteiger partial charge in [-0.2, -0.15) is 0 Å². The number of aliphatic hydroxyl groups is 1. The molecule has 112 valence electrons. The van der Waals surface area contributed by atoms with Gasteiger partial charge in [0.1, 0.15) is 12.4 Å². The van der Waals surface area contributed by atoms with Gasteiger partial charge in [-0.3, -0.25) is 4.79 Å². The van der Waals surface area contributed by atoms with E-state index < -0.39 is 25.0 Å². The molecule has 1 aromatic rings. The highest BCUT2D eigenvalue weighted by atomic mass is 19.3. The Hall–Kier alpha value is -1.69. The molecule has 0 aromatic heterocycles. The van der Waals surface area contributed by atoms with E-state index in [1.54, 1.807) is 12.1 Å². The second kappa shape index (κ2) is 7.19. The van der Waals surface area contributed by atoms with Crippen LogP contribution in [0, 0.1) is 0 Å². The van der Waals surface area contributed by atoms with E-state index in [0.29, 0.717) is 11.7 Å². The summed E-state index contributed by atoms with van der Waals surface area (Å²) in [7, 11) is 0. The van der Waals surface area contributed by atoms with E-state index in [0.717, 1.165) is 5.56 Å². The van der Waals surface area contributed by atoms with E-state index in [2.05, 4.69) is 13.8 Å². The van der Waals surface area contributed by atoms with Gasteiger partial charge in [-0.05, 0) is 23.6 Å². The molecule has 1 amide bonds. The van der Waals surface area contributed by atoms with Crippen molar-refractivity contribution in [2.75, 3.05) is 19.8 Å². The van der Waals surface area contributed by atoms with Crippen LogP contribution in [0.2, 0.25) is 0 Å². The van der Waals surface area contributed by atoms with Gasteiger partial charge in [-0.1, -0.05) is 26.0 Å². The number of ether oxygens (including phenoxy) is 1. The molecule has 0 atom stereocenters. The summed E-state index contributed by atoms with van der Waals surface area (Å²) in [6.07, 6.45) is 0. The Morgan fingerprint density at radius 3 is 2.45 bits per heavy atom. The highest BCUT2D eigenvalue weighted by Crippen LogP contribution is 2.18. The van der Waals surface area contributed by atoms with Crippen molar-refractivity contribution in [2.24, 2.45) is 0 Å². The van der Waals surface area contributed by atoms with E-state index in [1.807, 2.05) is 17.4 Å². The quantitative estimate of drug-likeness (QED) is 0.805. The zero-order chi connectivity index (χ0) is 15.2. The normalized spacial score (nSPS) is 11.5. The molecule has 0 radical (unpaired) electrons. The molecule has 0 aliphatic heterocycles. The van der Waals surface area contributed by atoms with Crippen molar-refractivity contribution < 1.29 is 23.4 Å². The Bertz CT molecular complexity index is 433. The summed E-state index contributed by atoms with van der Waals surface area (Å²) in [6, 6.07) is 7.23. The van der Waals surface area contributed by atoms with Crippen LogP contribution in [0.5, 0.6) is 5.75 Å². The molecule has 4 nitrogen and oxygen atoms in total. The van der Waals surface area contributed by atoms with Crippen molar-refractivity contribution >= 4 is 5.91 Å². The number of rotatable bonds is 7.